The highest BCUT2D eigenvalue weighted by Gasteiger charge is 2.25. The van der Waals surface area contributed by atoms with Gasteiger partial charge >= 0.3 is 5.97 Å². The molecular weight excluding hydrogens is 320 g/mol. The summed E-state index contributed by atoms with van der Waals surface area (Å²) in [6, 6.07) is 2.78. The third-order valence-electron chi connectivity index (χ3n) is 3.18. The number of benzene rings is 1. The normalized spacial score (nSPS) is 11.3. The zero-order valence-electron chi connectivity index (χ0n) is 13.6. The smallest absolute Gasteiger partial charge is 0.339 e. The van der Waals surface area contributed by atoms with E-state index < -0.39 is 21.9 Å². The standard InChI is InChI=1S/C16H20O6S/c1-10(2)22-16(19)15-11(3)12(9-13(18)7-8-17)5-6-14(15)23(4,20)21/h5-6,8,10H,7,9H2,1-4H3. The number of esters is 1. The van der Waals surface area contributed by atoms with Crippen LogP contribution >= 0.6 is 0 Å². The largest absolute Gasteiger partial charge is 0.459 e. The Hall–Kier alpha value is -2.02. The van der Waals surface area contributed by atoms with E-state index in [9.17, 15) is 22.8 Å². The van der Waals surface area contributed by atoms with E-state index >= 15 is 0 Å². The van der Waals surface area contributed by atoms with Crippen molar-refractivity contribution < 1.29 is 27.5 Å². The number of ether oxygens (including phenoxy) is 1. The molecule has 7 heteroatoms. The van der Waals surface area contributed by atoms with Gasteiger partial charge in [-0.15, -0.1) is 0 Å². The predicted octanol–water partition coefficient (Wildman–Crippen LogP) is 1.66. The average molecular weight is 340 g/mol. The molecule has 0 atom stereocenters. The Kier molecular flexibility index (Phi) is 6.20. The molecule has 1 rings (SSSR count). The van der Waals surface area contributed by atoms with Crippen molar-refractivity contribution in [1.29, 1.82) is 0 Å². The summed E-state index contributed by atoms with van der Waals surface area (Å²) in [7, 11) is -3.63. The van der Waals surface area contributed by atoms with Gasteiger partial charge in [0.1, 0.15) is 12.1 Å². The molecule has 0 N–H and O–H groups in total. The van der Waals surface area contributed by atoms with E-state index in [0.717, 1.165) is 6.26 Å². The molecule has 0 radical (unpaired) electrons. The second kappa shape index (κ2) is 7.50. The lowest BCUT2D eigenvalue weighted by atomic mass is 9.97. The molecule has 23 heavy (non-hydrogen) atoms. The van der Waals surface area contributed by atoms with E-state index in [-0.39, 0.29) is 29.1 Å². The van der Waals surface area contributed by atoms with Gasteiger partial charge in [-0.25, -0.2) is 13.2 Å². The first-order valence-electron chi connectivity index (χ1n) is 7.06. The maximum absolute atomic E-state index is 12.3. The maximum Gasteiger partial charge on any atom is 0.339 e. The third kappa shape index (κ3) is 4.99. The first kappa shape index (κ1) is 19.0. The number of hydrogen-bond donors (Lipinski definition) is 0. The molecule has 0 heterocycles. The van der Waals surface area contributed by atoms with Crippen LogP contribution in [0.4, 0.5) is 0 Å². The second-order valence-electron chi connectivity index (χ2n) is 5.54. The van der Waals surface area contributed by atoms with Gasteiger partial charge in [-0.1, -0.05) is 6.07 Å². The van der Waals surface area contributed by atoms with Crippen LogP contribution in [0.5, 0.6) is 0 Å². The van der Waals surface area contributed by atoms with E-state index in [1.165, 1.54) is 12.1 Å². The van der Waals surface area contributed by atoms with Crippen molar-refractivity contribution in [3.8, 4) is 0 Å². The molecule has 6 nitrogen and oxygen atoms in total. The molecule has 0 bridgehead atoms. The van der Waals surface area contributed by atoms with Crippen molar-refractivity contribution in [2.24, 2.45) is 0 Å². The van der Waals surface area contributed by atoms with Crippen LogP contribution in [0, 0.1) is 6.92 Å². The second-order valence-corrected chi connectivity index (χ2v) is 7.52. The molecule has 0 saturated heterocycles. The number of rotatable bonds is 7. The Labute approximate surface area is 135 Å². The van der Waals surface area contributed by atoms with Crippen LogP contribution in [-0.4, -0.2) is 38.8 Å². The molecule has 0 unspecified atom stereocenters. The topological polar surface area (TPSA) is 94.6 Å². The molecule has 0 spiro atoms. The maximum atomic E-state index is 12.3. The van der Waals surface area contributed by atoms with Gasteiger partial charge in [0, 0.05) is 12.7 Å². The van der Waals surface area contributed by atoms with Gasteiger partial charge < -0.3 is 9.53 Å². The molecule has 0 aliphatic heterocycles. The summed E-state index contributed by atoms with van der Waals surface area (Å²) in [6.45, 7) is 4.88. The van der Waals surface area contributed by atoms with Gasteiger partial charge in [0.25, 0.3) is 0 Å². The van der Waals surface area contributed by atoms with Crippen LogP contribution in [0.3, 0.4) is 0 Å². The van der Waals surface area contributed by atoms with Crippen LogP contribution < -0.4 is 0 Å². The highest BCUT2D eigenvalue weighted by Crippen LogP contribution is 2.25. The zero-order valence-corrected chi connectivity index (χ0v) is 14.4. The minimum atomic E-state index is -3.63. The molecule has 0 fully saturated rings. The van der Waals surface area contributed by atoms with Crippen molar-refractivity contribution in [3.63, 3.8) is 0 Å². The van der Waals surface area contributed by atoms with E-state index in [2.05, 4.69) is 0 Å². The monoisotopic (exact) mass is 340 g/mol. The van der Waals surface area contributed by atoms with Gasteiger partial charge in [-0.05, 0) is 38.0 Å². The Morgan fingerprint density at radius 1 is 1.26 bits per heavy atom. The summed E-state index contributed by atoms with van der Waals surface area (Å²) >= 11 is 0. The summed E-state index contributed by atoms with van der Waals surface area (Å²) in [5.74, 6) is -1.05. The summed E-state index contributed by atoms with van der Waals surface area (Å²) in [5.41, 5.74) is 0.815. The fourth-order valence-corrected chi connectivity index (χ4v) is 3.06. The zero-order chi connectivity index (χ0) is 17.8. The van der Waals surface area contributed by atoms with Gasteiger partial charge in [0.15, 0.2) is 9.84 Å². The lowest BCUT2D eigenvalue weighted by Gasteiger charge is -2.16. The van der Waals surface area contributed by atoms with Gasteiger partial charge in [0.2, 0.25) is 0 Å². The first-order chi connectivity index (χ1) is 10.6. The van der Waals surface area contributed by atoms with E-state index in [4.69, 9.17) is 4.74 Å². The molecule has 126 valence electrons. The number of aldehydes is 1. The lowest BCUT2D eigenvalue weighted by Crippen LogP contribution is -2.18. The van der Waals surface area contributed by atoms with Crippen LogP contribution in [0.25, 0.3) is 0 Å². The van der Waals surface area contributed by atoms with Crippen LogP contribution in [0.1, 0.15) is 41.8 Å². The quantitative estimate of drug-likeness (QED) is 0.426. The van der Waals surface area contributed by atoms with Gasteiger partial charge in [-0.2, -0.15) is 0 Å². The summed E-state index contributed by atoms with van der Waals surface area (Å²) in [5, 5.41) is 0. The van der Waals surface area contributed by atoms with Gasteiger partial charge in [0.05, 0.1) is 23.0 Å². The summed E-state index contributed by atoms with van der Waals surface area (Å²) in [4.78, 5) is 34.2. The van der Waals surface area contributed by atoms with Crippen molar-refractivity contribution >= 4 is 27.9 Å². The minimum Gasteiger partial charge on any atom is -0.459 e. The number of Topliss-reactive ketones (excluding diaryl/α,β-unsaturated/α-hetero) is 1. The number of sulfone groups is 1. The van der Waals surface area contributed by atoms with Crippen molar-refractivity contribution in [2.75, 3.05) is 6.26 Å². The lowest BCUT2D eigenvalue weighted by molar-refractivity contribution is -0.121. The fraction of sp³-hybridized carbons (Fsp3) is 0.438. The Bertz CT molecular complexity index is 731. The van der Waals surface area contributed by atoms with E-state index in [1.807, 2.05) is 0 Å². The molecule has 0 aliphatic carbocycles. The minimum absolute atomic E-state index is 0.0451. The highest BCUT2D eigenvalue weighted by molar-refractivity contribution is 7.90. The SMILES string of the molecule is Cc1c(CC(=O)CC=O)ccc(S(C)(=O)=O)c1C(=O)OC(C)C. The number of ketones is 1. The third-order valence-corrected chi connectivity index (χ3v) is 4.32. The van der Waals surface area contributed by atoms with Crippen LogP contribution in [0.15, 0.2) is 17.0 Å². The van der Waals surface area contributed by atoms with E-state index in [1.54, 1.807) is 20.8 Å². The molecule has 0 amide bonds. The Morgan fingerprint density at radius 3 is 2.35 bits per heavy atom. The van der Waals surface area contributed by atoms with Crippen LogP contribution in [0.2, 0.25) is 0 Å². The summed E-state index contributed by atoms with van der Waals surface area (Å²) in [6.07, 6.45) is 0.840. The van der Waals surface area contributed by atoms with E-state index in [0.29, 0.717) is 17.4 Å². The van der Waals surface area contributed by atoms with Gasteiger partial charge in [-0.3, -0.25) is 4.79 Å². The Balaban J connectivity index is 3.44. The molecule has 1 aromatic rings. The first-order valence-corrected chi connectivity index (χ1v) is 8.96. The molecule has 0 aromatic heterocycles. The number of hydrogen-bond acceptors (Lipinski definition) is 6. The van der Waals surface area contributed by atoms with Crippen molar-refractivity contribution in [1.82, 2.24) is 0 Å². The van der Waals surface area contributed by atoms with Crippen molar-refractivity contribution in [3.05, 3.63) is 28.8 Å². The molecular formula is C16H20O6S. The van der Waals surface area contributed by atoms with Crippen molar-refractivity contribution in [2.45, 2.75) is 44.6 Å². The fourth-order valence-electron chi connectivity index (χ4n) is 2.13. The molecule has 0 saturated carbocycles. The predicted molar refractivity (Wildman–Crippen MR) is 84.2 cm³/mol. The van der Waals surface area contributed by atoms with Crippen LogP contribution in [-0.2, 0) is 30.6 Å². The Morgan fingerprint density at radius 2 is 1.87 bits per heavy atom. The summed E-state index contributed by atoms with van der Waals surface area (Å²) < 4.78 is 28.9. The molecule has 0 aliphatic rings. The number of carbonyl (C=O) groups excluding carboxylic acids is 3. The number of carbonyl (C=O) groups is 3. The highest BCUT2D eigenvalue weighted by atomic mass is 32.2. The average Bonchev–Trinajstić information content (AvgIpc) is 2.38. The molecule has 1 aromatic carbocycles.